The van der Waals surface area contributed by atoms with E-state index in [4.69, 9.17) is 0 Å². The number of aliphatic hydroxyl groups is 2. The quantitative estimate of drug-likeness (QED) is 0.665. The van der Waals surface area contributed by atoms with Crippen LogP contribution < -0.4 is 0 Å². The van der Waals surface area contributed by atoms with Gasteiger partial charge in [0.25, 0.3) is 0 Å². The van der Waals surface area contributed by atoms with Gasteiger partial charge < -0.3 is 15.3 Å². The number of rotatable bonds is 0. The van der Waals surface area contributed by atoms with E-state index in [1.165, 1.54) is 0 Å². The van der Waals surface area contributed by atoms with Crippen molar-refractivity contribution < 1.29 is 20.1 Å². The van der Waals surface area contributed by atoms with Crippen molar-refractivity contribution in [2.45, 2.75) is 38.4 Å². The molecular formula is C15H18O4. The van der Waals surface area contributed by atoms with Gasteiger partial charge >= 0.3 is 0 Å². The fraction of sp³-hybridized carbons (Fsp3) is 0.533. The molecule has 19 heavy (non-hydrogen) atoms. The molecule has 3 N–H and O–H groups in total. The highest BCUT2D eigenvalue weighted by Crippen LogP contribution is 2.47. The number of phenolic OH excluding ortho intramolecular Hbond substituents is 1. The van der Waals surface area contributed by atoms with Gasteiger partial charge in [0.05, 0.1) is 17.8 Å². The SMILES string of the molecule is Cc1cc(O)c2c(c1)[C@H](O)[C@H]1C[C@@H](O)CC[C@@H]1C2=O. The van der Waals surface area contributed by atoms with Crippen molar-refractivity contribution in [3.05, 3.63) is 28.8 Å². The largest absolute Gasteiger partial charge is 0.507 e. The first-order valence-corrected chi connectivity index (χ1v) is 6.73. The van der Waals surface area contributed by atoms with Crippen molar-refractivity contribution in [3.8, 4) is 5.75 Å². The number of Topliss-reactive ketones (excluding diaryl/α,β-unsaturated/α-hetero) is 1. The molecule has 1 aromatic rings. The summed E-state index contributed by atoms with van der Waals surface area (Å²) in [6.07, 6.45) is 0.393. The summed E-state index contributed by atoms with van der Waals surface area (Å²) in [5.41, 5.74) is 1.60. The van der Waals surface area contributed by atoms with Crippen molar-refractivity contribution in [1.82, 2.24) is 0 Å². The summed E-state index contributed by atoms with van der Waals surface area (Å²) in [6, 6.07) is 3.32. The first-order chi connectivity index (χ1) is 8.99. The van der Waals surface area contributed by atoms with E-state index in [2.05, 4.69) is 0 Å². The number of hydrogen-bond acceptors (Lipinski definition) is 4. The third-order valence-electron chi connectivity index (χ3n) is 4.47. The Labute approximate surface area is 111 Å². The van der Waals surface area contributed by atoms with E-state index in [-0.39, 0.29) is 28.9 Å². The molecule has 1 aromatic carbocycles. The Hall–Kier alpha value is -1.39. The van der Waals surface area contributed by atoms with Gasteiger partial charge in [-0.3, -0.25) is 4.79 Å². The topological polar surface area (TPSA) is 77.8 Å². The number of aryl methyl sites for hydroxylation is 1. The summed E-state index contributed by atoms with van der Waals surface area (Å²) >= 11 is 0. The number of aliphatic hydroxyl groups excluding tert-OH is 2. The Morgan fingerprint density at radius 3 is 2.68 bits per heavy atom. The van der Waals surface area contributed by atoms with Crippen LogP contribution in [0.2, 0.25) is 0 Å². The van der Waals surface area contributed by atoms with Crippen molar-refractivity contribution in [3.63, 3.8) is 0 Å². The summed E-state index contributed by atoms with van der Waals surface area (Å²) in [5.74, 6) is -0.636. The first kappa shape index (κ1) is 12.6. The third-order valence-corrected chi connectivity index (χ3v) is 4.47. The lowest BCUT2D eigenvalue weighted by Gasteiger charge is -2.40. The minimum Gasteiger partial charge on any atom is -0.507 e. The molecular weight excluding hydrogens is 244 g/mol. The van der Waals surface area contributed by atoms with Crippen LogP contribution in [0.5, 0.6) is 5.75 Å². The summed E-state index contributed by atoms with van der Waals surface area (Å²) in [6.45, 7) is 1.82. The van der Waals surface area contributed by atoms with Crippen LogP contribution in [-0.2, 0) is 0 Å². The van der Waals surface area contributed by atoms with Gasteiger partial charge in [-0.25, -0.2) is 0 Å². The zero-order valence-electron chi connectivity index (χ0n) is 10.8. The molecule has 2 aliphatic carbocycles. The normalized spacial score (nSPS) is 33.7. The molecule has 0 unspecified atom stereocenters. The van der Waals surface area contributed by atoms with E-state index < -0.39 is 12.2 Å². The van der Waals surface area contributed by atoms with Crippen LogP contribution >= 0.6 is 0 Å². The molecule has 1 saturated carbocycles. The van der Waals surface area contributed by atoms with Crippen LogP contribution in [0.1, 0.15) is 46.9 Å². The van der Waals surface area contributed by atoms with Gasteiger partial charge in [-0.15, -0.1) is 0 Å². The minimum absolute atomic E-state index is 0.0383. The van der Waals surface area contributed by atoms with E-state index in [1.807, 2.05) is 6.92 Å². The summed E-state index contributed by atoms with van der Waals surface area (Å²) < 4.78 is 0. The highest BCUT2D eigenvalue weighted by molar-refractivity contribution is 6.03. The second kappa shape index (κ2) is 4.32. The van der Waals surface area contributed by atoms with Crippen LogP contribution in [0, 0.1) is 18.8 Å². The zero-order valence-corrected chi connectivity index (χ0v) is 10.8. The van der Waals surface area contributed by atoms with Gasteiger partial charge in [-0.1, -0.05) is 6.07 Å². The number of aromatic hydroxyl groups is 1. The molecule has 0 spiro atoms. The average molecular weight is 262 g/mol. The molecule has 102 valence electrons. The van der Waals surface area contributed by atoms with Crippen molar-refractivity contribution in [2.24, 2.45) is 11.8 Å². The van der Waals surface area contributed by atoms with Gasteiger partial charge in [0.1, 0.15) is 5.75 Å². The molecule has 4 atom stereocenters. The Morgan fingerprint density at radius 2 is 1.95 bits per heavy atom. The van der Waals surface area contributed by atoms with Gasteiger partial charge in [-0.2, -0.15) is 0 Å². The highest BCUT2D eigenvalue weighted by atomic mass is 16.3. The number of phenols is 1. The lowest BCUT2D eigenvalue weighted by Crippen LogP contribution is -2.40. The molecule has 1 fully saturated rings. The predicted octanol–water partition coefficient (Wildman–Crippen LogP) is 1.71. The number of ketones is 1. The van der Waals surface area contributed by atoms with E-state index in [1.54, 1.807) is 12.1 Å². The zero-order chi connectivity index (χ0) is 13.7. The molecule has 0 saturated heterocycles. The molecule has 2 aliphatic rings. The fourth-order valence-electron chi connectivity index (χ4n) is 3.57. The number of carbonyl (C=O) groups excluding carboxylic acids is 1. The molecule has 4 nitrogen and oxygen atoms in total. The Morgan fingerprint density at radius 1 is 1.21 bits per heavy atom. The number of fused-ring (bicyclic) bond motifs is 2. The second-order valence-corrected chi connectivity index (χ2v) is 5.79. The van der Waals surface area contributed by atoms with Gasteiger partial charge in [-0.05, 0) is 43.4 Å². The Bertz CT molecular complexity index is 537. The Balaban J connectivity index is 2.12. The third kappa shape index (κ3) is 1.86. The van der Waals surface area contributed by atoms with Crippen molar-refractivity contribution in [2.75, 3.05) is 0 Å². The van der Waals surface area contributed by atoms with E-state index in [0.29, 0.717) is 24.8 Å². The Kier molecular flexibility index (Phi) is 2.87. The molecule has 0 heterocycles. The highest BCUT2D eigenvalue weighted by Gasteiger charge is 2.45. The minimum atomic E-state index is -0.779. The summed E-state index contributed by atoms with van der Waals surface area (Å²) in [4.78, 5) is 12.5. The average Bonchev–Trinajstić information content (AvgIpc) is 2.35. The molecule has 4 heteroatoms. The number of hydrogen-bond donors (Lipinski definition) is 3. The monoisotopic (exact) mass is 262 g/mol. The van der Waals surface area contributed by atoms with Gasteiger partial charge in [0.15, 0.2) is 5.78 Å². The van der Waals surface area contributed by atoms with Gasteiger partial charge in [0, 0.05) is 11.8 Å². The first-order valence-electron chi connectivity index (χ1n) is 6.73. The maximum atomic E-state index is 12.5. The van der Waals surface area contributed by atoms with Crippen LogP contribution in [0.3, 0.4) is 0 Å². The van der Waals surface area contributed by atoms with Gasteiger partial charge in [0.2, 0.25) is 0 Å². The van der Waals surface area contributed by atoms with Crippen LogP contribution in [0.4, 0.5) is 0 Å². The maximum absolute atomic E-state index is 12.5. The predicted molar refractivity (Wildman–Crippen MR) is 69.0 cm³/mol. The van der Waals surface area contributed by atoms with Crippen LogP contribution in [0.15, 0.2) is 12.1 Å². The van der Waals surface area contributed by atoms with E-state index >= 15 is 0 Å². The summed E-state index contributed by atoms with van der Waals surface area (Å²) in [5, 5.41) is 30.2. The van der Waals surface area contributed by atoms with Crippen LogP contribution in [0.25, 0.3) is 0 Å². The fourth-order valence-corrected chi connectivity index (χ4v) is 3.57. The molecule has 0 radical (unpaired) electrons. The lowest BCUT2D eigenvalue weighted by atomic mass is 9.65. The molecule has 0 bridgehead atoms. The number of benzene rings is 1. The maximum Gasteiger partial charge on any atom is 0.170 e. The van der Waals surface area contributed by atoms with E-state index in [0.717, 1.165) is 5.56 Å². The molecule has 0 amide bonds. The molecule has 0 aromatic heterocycles. The number of carbonyl (C=O) groups is 1. The summed E-state index contributed by atoms with van der Waals surface area (Å²) in [7, 11) is 0. The second-order valence-electron chi connectivity index (χ2n) is 5.79. The smallest absolute Gasteiger partial charge is 0.170 e. The van der Waals surface area contributed by atoms with Crippen LogP contribution in [-0.4, -0.2) is 27.2 Å². The standard InChI is InChI=1S/C15H18O4/c1-7-4-11-13(12(17)5-7)15(19)9-3-2-8(16)6-10(9)14(11)18/h4-5,8-10,14,16-18H,2-3,6H2,1H3/t8-,9-,10-,14+/m0/s1. The molecule has 3 rings (SSSR count). The van der Waals surface area contributed by atoms with Crippen molar-refractivity contribution >= 4 is 5.78 Å². The molecule has 0 aliphatic heterocycles. The lowest BCUT2D eigenvalue weighted by molar-refractivity contribution is -0.00712. The van der Waals surface area contributed by atoms with Crippen molar-refractivity contribution in [1.29, 1.82) is 0 Å². The van der Waals surface area contributed by atoms with E-state index in [9.17, 15) is 20.1 Å².